The van der Waals surface area contributed by atoms with E-state index < -0.39 is 0 Å². The number of aromatic amines is 1. The molecule has 0 aliphatic heterocycles. The molecule has 2 rings (SSSR count). The second-order valence-electron chi connectivity index (χ2n) is 3.60. The topological polar surface area (TPSA) is 53.8 Å². The highest BCUT2D eigenvalue weighted by Crippen LogP contribution is 2.18. The van der Waals surface area contributed by atoms with Crippen LogP contribution in [0.25, 0.3) is 0 Å². The van der Waals surface area contributed by atoms with Crippen molar-refractivity contribution in [3.63, 3.8) is 0 Å². The van der Waals surface area contributed by atoms with E-state index in [1.807, 2.05) is 18.3 Å². The molecule has 1 aromatic carbocycles. The summed E-state index contributed by atoms with van der Waals surface area (Å²) in [4.78, 5) is 3.12. The van der Waals surface area contributed by atoms with Crippen LogP contribution in [0, 0.1) is 5.82 Å². The highest BCUT2D eigenvalue weighted by molar-refractivity contribution is 5.65. The van der Waals surface area contributed by atoms with Gasteiger partial charge in [0.1, 0.15) is 5.82 Å². The number of H-pyrrole nitrogens is 1. The van der Waals surface area contributed by atoms with Crippen LogP contribution in [0.15, 0.2) is 36.5 Å². The molecule has 1 heterocycles. The van der Waals surface area contributed by atoms with E-state index in [0.717, 1.165) is 24.3 Å². The van der Waals surface area contributed by atoms with Gasteiger partial charge in [0.25, 0.3) is 0 Å². The Morgan fingerprint density at radius 3 is 2.88 bits per heavy atom. The summed E-state index contributed by atoms with van der Waals surface area (Å²) in [5.74, 6) is -0.313. The second-order valence-corrected chi connectivity index (χ2v) is 3.60. The lowest BCUT2D eigenvalue weighted by atomic mass is 10.2. The first kappa shape index (κ1) is 10.5. The smallest absolute Gasteiger partial charge is 0.125 e. The van der Waals surface area contributed by atoms with Crippen molar-refractivity contribution in [2.45, 2.75) is 6.42 Å². The Morgan fingerprint density at radius 2 is 2.19 bits per heavy atom. The highest BCUT2D eigenvalue weighted by atomic mass is 19.1. The number of hydrogen-bond acceptors (Lipinski definition) is 2. The lowest BCUT2D eigenvalue weighted by Gasteiger charge is -2.08. The standard InChI is InChI=1S/C12H14FN3/c13-9-3-4-12(11(14)8-9)16-7-5-10-2-1-6-15-10/h1-4,6,8,15-16H,5,7,14H2. The fourth-order valence-corrected chi connectivity index (χ4v) is 1.55. The lowest BCUT2D eigenvalue weighted by molar-refractivity contribution is 0.628. The summed E-state index contributed by atoms with van der Waals surface area (Å²) in [7, 11) is 0. The van der Waals surface area contributed by atoms with E-state index in [1.165, 1.54) is 12.1 Å². The molecule has 0 unspecified atom stereocenters. The van der Waals surface area contributed by atoms with Gasteiger partial charge in [-0.15, -0.1) is 0 Å². The molecule has 3 nitrogen and oxygen atoms in total. The van der Waals surface area contributed by atoms with Crippen LogP contribution in [0.3, 0.4) is 0 Å². The third kappa shape index (κ3) is 2.53. The van der Waals surface area contributed by atoms with Gasteiger partial charge < -0.3 is 16.0 Å². The van der Waals surface area contributed by atoms with Crippen LogP contribution >= 0.6 is 0 Å². The van der Waals surface area contributed by atoms with Crippen molar-refractivity contribution < 1.29 is 4.39 Å². The number of benzene rings is 1. The molecule has 0 amide bonds. The van der Waals surface area contributed by atoms with E-state index in [2.05, 4.69) is 10.3 Å². The summed E-state index contributed by atoms with van der Waals surface area (Å²) in [6.07, 6.45) is 2.77. The summed E-state index contributed by atoms with van der Waals surface area (Å²) >= 11 is 0. The molecule has 0 atom stereocenters. The third-order valence-corrected chi connectivity index (χ3v) is 2.39. The minimum atomic E-state index is -0.313. The van der Waals surface area contributed by atoms with Crippen molar-refractivity contribution in [1.82, 2.24) is 4.98 Å². The van der Waals surface area contributed by atoms with Crippen molar-refractivity contribution in [2.75, 3.05) is 17.6 Å². The van der Waals surface area contributed by atoms with Crippen molar-refractivity contribution in [1.29, 1.82) is 0 Å². The Bertz CT molecular complexity index is 451. The molecular formula is C12H14FN3. The van der Waals surface area contributed by atoms with Crippen LogP contribution in [-0.2, 0) is 6.42 Å². The van der Waals surface area contributed by atoms with Gasteiger partial charge in [0, 0.05) is 24.9 Å². The van der Waals surface area contributed by atoms with Crippen molar-refractivity contribution >= 4 is 11.4 Å². The zero-order valence-electron chi connectivity index (χ0n) is 8.83. The fourth-order valence-electron chi connectivity index (χ4n) is 1.55. The van der Waals surface area contributed by atoms with Gasteiger partial charge in [-0.25, -0.2) is 4.39 Å². The normalized spacial score (nSPS) is 10.3. The summed E-state index contributed by atoms with van der Waals surface area (Å²) < 4.78 is 12.8. The van der Waals surface area contributed by atoms with Gasteiger partial charge in [0.2, 0.25) is 0 Å². The number of aromatic nitrogens is 1. The first-order chi connectivity index (χ1) is 7.75. The Balaban J connectivity index is 1.90. The molecule has 0 spiro atoms. The van der Waals surface area contributed by atoms with Gasteiger partial charge >= 0.3 is 0 Å². The Hall–Kier alpha value is -1.97. The van der Waals surface area contributed by atoms with Gasteiger partial charge in [0.15, 0.2) is 0 Å². The predicted octanol–water partition coefficient (Wildman–Crippen LogP) is 2.39. The average molecular weight is 219 g/mol. The number of nitrogens with one attached hydrogen (secondary N) is 2. The molecule has 4 heteroatoms. The van der Waals surface area contributed by atoms with Crippen LogP contribution < -0.4 is 11.1 Å². The average Bonchev–Trinajstić information content (AvgIpc) is 2.74. The number of nitrogen functional groups attached to an aromatic ring is 1. The molecule has 0 aliphatic carbocycles. The molecule has 0 bridgehead atoms. The molecule has 1 aromatic heterocycles. The number of anilines is 2. The maximum atomic E-state index is 12.8. The van der Waals surface area contributed by atoms with E-state index in [9.17, 15) is 4.39 Å². The van der Waals surface area contributed by atoms with E-state index in [0.29, 0.717) is 5.69 Å². The lowest BCUT2D eigenvalue weighted by Crippen LogP contribution is -2.07. The van der Waals surface area contributed by atoms with E-state index >= 15 is 0 Å². The fraction of sp³-hybridized carbons (Fsp3) is 0.167. The molecule has 84 valence electrons. The number of nitrogens with two attached hydrogens (primary N) is 1. The minimum absolute atomic E-state index is 0.313. The van der Waals surface area contributed by atoms with Crippen molar-refractivity contribution in [3.8, 4) is 0 Å². The van der Waals surface area contributed by atoms with Crippen LogP contribution in [0.1, 0.15) is 5.69 Å². The maximum absolute atomic E-state index is 12.8. The zero-order valence-corrected chi connectivity index (χ0v) is 8.83. The molecule has 0 aliphatic rings. The predicted molar refractivity (Wildman–Crippen MR) is 63.8 cm³/mol. The van der Waals surface area contributed by atoms with E-state index in [-0.39, 0.29) is 5.82 Å². The molecular weight excluding hydrogens is 205 g/mol. The zero-order chi connectivity index (χ0) is 11.4. The summed E-state index contributed by atoms with van der Waals surface area (Å²) in [5.41, 5.74) is 8.04. The molecule has 2 aromatic rings. The van der Waals surface area contributed by atoms with Gasteiger partial charge in [-0.3, -0.25) is 0 Å². The van der Waals surface area contributed by atoms with E-state index in [4.69, 9.17) is 5.73 Å². The summed E-state index contributed by atoms with van der Waals surface area (Å²) in [5, 5.41) is 3.17. The molecule has 0 fully saturated rings. The Morgan fingerprint density at radius 1 is 1.31 bits per heavy atom. The number of hydrogen-bond donors (Lipinski definition) is 3. The maximum Gasteiger partial charge on any atom is 0.125 e. The first-order valence-corrected chi connectivity index (χ1v) is 5.17. The Kier molecular flexibility index (Phi) is 3.10. The van der Waals surface area contributed by atoms with Gasteiger partial charge in [-0.2, -0.15) is 0 Å². The summed E-state index contributed by atoms with van der Waals surface area (Å²) in [6.45, 7) is 0.760. The number of rotatable bonds is 4. The highest BCUT2D eigenvalue weighted by Gasteiger charge is 2.00. The molecule has 16 heavy (non-hydrogen) atoms. The van der Waals surface area contributed by atoms with Crippen LogP contribution in [0.5, 0.6) is 0 Å². The monoisotopic (exact) mass is 219 g/mol. The minimum Gasteiger partial charge on any atom is -0.397 e. The first-order valence-electron chi connectivity index (χ1n) is 5.17. The van der Waals surface area contributed by atoms with E-state index in [1.54, 1.807) is 6.07 Å². The quantitative estimate of drug-likeness (QED) is 0.691. The SMILES string of the molecule is Nc1cc(F)ccc1NCCc1ccc[nH]1. The van der Waals surface area contributed by atoms with Gasteiger partial charge in [-0.1, -0.05) is 0 Å². The third-order valence-electron chi connectivity index (χ3n) is 2.39. The van der Waals surface area contributed by atoms with Crippen LogP contribution in [0.2, 0.25) is 0 Å². The molecule has 0 saturated carbocycles. The molecule has 4 N–H and O–H groups in total. The summed E-state index contributed by atoms with van der Waals surface area (Å²) in [6, 6.07) is 8.35. The van der Waals surface area contributed by atoms with Crippen LogP contribution in [-0.4, -0.2) is 11.5 Å². The van der Waals surface area contributed by atoms with Gasteiger partial charge in [-0.05, 0) is 30.3 Å². The largest absolute Gasteiger partial charge is 0.397 e. The second kappa shape index (κ2) is 4.70. The Labute approximate surface area is 93.5 Å². The van der Waals surface area contributed by atoms with Crippen LogP contribution in [0.4, 0.5) is 15.8 Å². The molecule has 0 radical (unpaired) electrons. The van der Waals surface area contributed by atoms with Gasteiger partial charge in [0.05, 0.1) is 11.4 Å². The molecule has 0 saturated heterocycles. The van der Waals surface area contributed by atoms with Crippen molar-refractivity contribution in [3.05, 3.63) is 48.0 Å². The number of halogens is 1. The van der Waals surface area contributed by atoms with Crippen molar-refractivity contribution in [2.24, 2.45) is 0 Å².